The van der Waals surface area contributed by atoms with Crippen molar-refractivity contribution in [2.24, 2.45) is 0 Å². The van der Waals surface area contributed by atoms with E-state index in [2.05, 4.69) is 28.1 Å². The van der Waals surface area contributed by atoms with Crippen LogP contribution in [0.4, 0.5) is 0 Å². The Morgan fingerprint density at radius 2 is 2.08 bits per heavy atom. The molecule has 1 unspecified atom stereocenters. The van der Waals surface area contributed by atoms with Crippen LogP contribution in [0.3, 0.4) is 0 Å². The van der Waals surface area contributed by atoms with Gasteiger partial charge in [0.1, 0.15) is 6.10 Å². The summed E-state index contributed by atoms with van der Waals surface area (Å²) in [5.41, 5.74) is 1.20. The molecule has 1 aliphatic heterocycles. The van der Waals surface area contributed by atoms with Gasteiger partial charge in [-0.2, -0.15) is 0 Å². The summed E-state index contributed by atoms with van der Waals surface area (Å²) in [6.07, 6.45) is 0.357. The van der Waals surface area contributed by atoms with Crippen LogP contribution in [0.5, 0.6) is 0 Å². The van der Waals surface area contributed by atoms with Gasteiger partial charge in [0.15, 0.2) is 0 Å². The van der Waals surface area contributed by atoms with E-state index in [9.17, 15) is 0 Å². The summed E-state index contributed by atoms with van der Waals surface area (Å²) in [4.78, 5) is 0. The minimum atomic E-state index is 0.357. The summed E-state index contributed by atoms with van der Waals surface area (Å²) in [5, 5.41) is 0. The van der Waals surface area contributed by atoms with Crippen LogP contribution in [0, 0.1) is 0 Å². The maximum Gasteiger partial charge on any atom is 0.104 e. The first kappa shape index (κ1) is 9.19. The zero-order valence-electron chi connectivity index (χ0n) is 7.20. The lowest BCUT2D eigenvalue weighted by Gasteiger charge is -2.01. The molecule has 1 aromatic carbocycles. The summed E-state index contributed by atoms with van der Waals surface area (Å²) in [6, 6.07) is 8.15. The van der Waals surface area contributed by atoms with Gasteiger partial charge >= 0.3 is 0 Å². The zero-order valence-corrected chi connectivity index (χ0v) is 8.79. The van der Waals surface area contributed by atoms with Crippen molar-refractivity contribution in [3.8, 4) is 0 Å². The molecule has 1 fully saturated rings. The predicted octanol–water partition coefficient (Wildman–Crippen LogP) is 2.36. The van der Waals surface area contributed by atoms with Gasteiger partial charge in [0.25, 0.3) is 0 Å². The highest BCUT2D eigenvalue weighted by Gasteiger charge is 2.21. The molecule has 2 nitrogen and oxygen atoms in total. The summed E-state index contributed by atoms with van der Waals surface area (Å²) >= 11 is 3.39. The maximum atomic E-state index is 5.44. The van der Waals surface area contributed by atoms with Crippen molar-refractivity contribution in [2.45, 2.75) is 12.7 Å². The molecule has 1 aliphatic rings. The van der Waals surface area contributed by atoms with Crippen LogP contribution in [0.1, 0.15) is 5.56 Å². The van der Waals surface area contributed by atoms with E-state index in [1.54, 1.807) is 0 Å². The van der Waals surface area contributed by atoms with E-state index >= 15 is 0 Å². The fraction of sp³-hybridized carbons (Fsp3) is 0.400. The molecule has 70 valence electrons. The molecule has 0 aliphatic carbocycles. The summed E-state index contributed by atoms with van der Waals surface area (Å²) in [7, 11) is 0. The van der Waals surface area contributed by atoms with E-state index < -0.39 is 0 Å². The van der Waals surface area contributed by atoms with E-state index in [0.717, 1.165) is 17.7 Å². The maximum absolute atomic E-state index is 5.44. The van der Waals surface area contributed by atoms with Crippen LogP contribution in [0.15, 0.2) is 28.7 Å². The van der Waals surface area contributed by atoms with Crippen molar-refractivity contribution in [2.75, 3.05) is 13.2 Å². The highest BCUT2D eigenvalue weighted by Crippen LogP contribution is 2.13. The summed E-state index contributed by atoms with van der Waals surface area (Å²) in [6.45, 7) is 2.25. The Bertz CT molecular complexity index is 267. The predicted molar refractivity (Wildman–Crippen MR) is 53.5 cm³/mol. The number of benzene rings is 1. The van der Waals surface area contributed by atoms with Crippen molar-refractivity contribution in [3.05, 3.63) is 34.3 Å². The molecule has 0 saturated carbocycles. The fourth-order valence-corrected chi connectivity index (χ4v) is 1.32. The Labute approximate surface area is 86.0 Å². The summed E-state index contributed by atoms with van der Waals surface area (Å²) in [5.74, 6) is 0. The number of epoxide rings is 1. The van der Waals surface area contributed by atoms with Crippen LogP contribution in [0.2, 0.25) is 0 Å². The van der Waals surface area contributed by atoms with Crippen LogP contribution >= 0.6 is 15.9 Å². The van der Waals surface area contributed by atoms with Gasteiger partial charge in [-0.15, -0.1) is 0 Å². The second-order valence-electron chi connectivity index (χ2n) is 3.10. The standard InChI is InChI=1S/C10H11BrO2/c11-9-3-1-8(2-4-9)5-12-6-10-7-13-10/h1-4,10H,5-7H2. The van der Waals surface area contributed by atoms with Gasteiger partial charge in [-0.25, -0.2) is 0 Å². The highest BCUT2D eigenvalue weighted by molar-refractivity contribution is 9.10. The van der Waals surface area contributed by atoms with Gasteiger partial charge in [0.2, 0.25) is 0 Å². The van der Waals surface area contributed by atoms with Gasteiger partial charge in [0, 0.05) is 4.47 Å². The third kappa shape index (κ3) is 3.10. The first-order chi connectivity index (χ1) is 6.34. The van der Waals surface area contributed by atoms with Gasteiger partial charge in [-0.1, -0.05) is 28.1 Å². The normalized spacial score (nSPS) is 20.2. The molecule has 1 atom stereocenters. The largest absolute Gasteiger partial charge is 0.374 e. The van der Waals surface area contributed by atoms with Crippen LogP contribution in [-0.4, -0.2) is 19.3 Å². The van der Waals surface area contributed by atoms with Crippen molar-refractivity contribution in [1.29, 1.82) is 0 Å². The second-order valence-corrected chi connectivity index (χ2v) is 4.01. The van der Waals surface area contributed by atoms with Crippen molar-refractivity contribution in [3.63, 3.8) is 0 Å². The quantitative estimate of drug-likeness (QED) is 0.757. The molecule has 0 N–H and O–H groups in total. The van der Waals surface area contributed by atoms with Crippen molar-refractivity contribution < 1.29 is 9.47 Å². The lowest BCUT2D eigenvalue weighted by Crippen LogP contribution is -2.00. The molecular formula is C10H11BrO2. The molecule has 0 spiro atoms. The Morgan fingerprint density at radius 3 is 2.69 bits per heavy atom. The highest BCUT2D eigenvalue weighted by atomic mass is 79.9. The minimum absolute atomic E-state index is 0.357. The van der Waals surface area contributed by atoms with E-state index in [-0.39, 0.29) is 0 Å². The molecule has 1 saturated heterocycles. The second kappa shape index (κ2) is 4.22. The molecule has 0 aromatic heterocycles. The fourth-order valence-electron chi connectivity index (χ4n) is 1.05. The first-order valence-electron chi connectivity index (χ1n) is 4.28. The monoisotopic (exact) mass is 242 g/mol. The number of halogens is 1. The van der Waals surface area contributed by atoms with Gasteiger partial charge in [-0.3, -0.25) is 0 Å². The Balaban J connectivity index is 1.76. The lowest BCUT2D eigenvalue weighted by molar-refractivity contribution is 0.104. The topological polar surface area (TPSA) is 21.8 Å². The third-order valence-corrected chi connectivity index (χ3v) is 2.42. The van der Waals surface area contributed by atoms with Gasteiger partial charge in [0.05, 0.1) is 19.8 Å². The average Bonchev–Trinajstić information content (AvgIpc) is 2.92. The number of hydrogen-bond acceptors (Lipinski definition) is 2. The minimum Gasteiger partial charge on any atom is -0.374 e. The molecule has 13 heavy (non-hydrogen) atoms. The van der Waals surface area contributed by atoms with Crippen molar-refractivity contribution >= 4 is 15.9 Å². The number of ether oxygens (including phenoxy) is 2. The molecule has 3 heteroatoms. The van der Waals surface area contributed by atoms with Crippen molar-refractivity contribution in [1.82, 2.24) is 0 Å². The SMILES string of the molecule is Brc1ccc(COCC2CO2)cc1. The first-order valence-corrected chi connectivity index (χ1v) is 5.08. The lowest BCUT2D eigenvalue weighted by atomic mass is 10.2. The van der Waals surface area contributed by atoms with E-state index in [1.807, 2.05) is 12.1 Å². The molecule has 0 bridgehead atoms. The van der Waals surface area contributed by atoms with Gasteiger partial charge in [-0.05, 0) is 17.7 Å². The van der Waals surface area contributed by atoms with E-state index in [4.69, 9.17) is 9.47 Å². The van der Waals surface area contributed by atoms with Crippen LogP contribution in [-0.2, 0) is 16.1 Å². The Morgan fingerprint density at radius 1 is 1.38 bits per heavy atom. The smallest absolute Gasteiger partial charge is 0.104 e. The average molecular weight is 243 g/mol. The van der Waals surface area contributed by atoms with E-state index in [0.29, 0.717) is 12.7 Å². The van der Waals surface area contributed by atoms with Crippen LogP contribution in [0.25, 0.3) is 0 Å². The molecule has 1 heterocycles. The van der Waals surface area contributed by atoms with E-state index in [1.165, 1.54) is 5.56 Å². The number of rotatable bonds is 4. The molecule has 0 radical (unpaired) electrons. The van der Waals surface area contributed by atoms with Gasteiger partial charge < -0.3 is 9.47 Å². The Kier molecular flexibility index (Phi) is 2.98. The molecular weight excluding hydrogens is 232 g/mol. The molecule has 2 rings (SSSR count). The molecule has 1 aromatic rings. The molecule has 0 amide bonds. The van der Waals surface area contributed by atoms with Crippen LogP contribution < -0.4 is 0 Å². The Hall–Kier alpha value is -0.380. The number of hydrogen-bond donors (Lipinski definition) is 0. The summed E-state index contributed by atoms with van der Waals surface area (Å²) < 4.78 is 11.6. The third-order valence-electron chi connectivity index (χ3n) is 1.89. The zero-order chi connectivity index (χ0) is 9.10.